The van der Waals surface area contributed by atoms with Crippen LogP contribution < -0.4 is 10.1 Å². The van der Waals surface area contributed by atoms with Crippen molar-refractivity contribution in [3.05, 3.63) is 53.7 Å². The van der Waals surface area contributed by atoms with Crippen molar-refractivity contribution in [2.24, 2.45) is 0 Å². The highest BCUT2D eigenvalue weighted by Crippen LogP contribution is 2.21. The maximum Gasteiger partial charge on any atom is 0.126 e. The summed E-state index contributed by atoms with van der Waals surface area (Å²) in [6.45, 7) is 4.94. The van der Waals surface area contributed by atoms with E-state index in [4.69, 9.17) is 9.84 Å². The zero-order chi connectivity index (χ0) is 16.5. The fourth-order valence-electron chi connectivity index (χ4n) is 2.12. The minimum atomic E-state index is 0.154. The van der Waals surface area contributed by atoms with Gasteiger partial charge in [0, 0.05) is 29.8 Å². The summed E-state index contributed by atoms with van der Waals surface area (Å²) in [5.41, 5.74) is 2.32. The molecule has 0 saturated heterocycles. The fourth-order valence-corrected chi connectivity index (χ4v) is 2.81. The standard InChI is InChI=1S/C18H24N2O2S/c1-14(2)22-17-6-4-3-5-16(17)12-20-18-11-15(7-8-19-18)13-23-10-9-21/h3-8,11,14,21H,9-10,12-13H2,1-2H3,(H,19,20). The van der Waals surface area contributed by atoms with Crippen LogP contribution in [0.3, 0.4) is 0 Å². The van der Waals surface area contributed by atoms with Gasteiger partial charge in [-0.1, -0.05) is 18.2 Å². The van der Waals surface area contributed by atoms with Crippen LogP contribution in [0.15, 0.2) is 42.6 Å². The largest absolute Gasteiger partial charge is 0.491 e. The van der Waals surface area contributed by atoms with Gasteiger partial charge in [0.15, 0.2) is 0 Å². The van der Waals surface area contributed by atoms with Crippen LogP contribution in [-0.4, -0.2) is 28.6 Å². The number of aromatic nitrogens is 1. The Kier molecular flexibility index (Phi) is 7.23. The molecule has 2 rings (SSSR count). The van der Waals surface area contributed by atoms with Crippen LogP contribution in [0, 0.1) is 0 Å². The van der Waals surface area contributed by atoms with Crippen molar-refractivity contribution in [2.45, 2.75) is 32.2 Å². The summed E-state index contributed by atoms with van der Waals surface area (Å²) in [4.78, 5) is 4.36. The molecule has 0 atom stereocenters. The Hall–Kier alpha value is -1.72. The first-order valence-electron chi connectivity index (χ1n) is 7.81. The highest BCUT2D eigenvalue weighted by atomic mass is 32.2. The Morgan fingerprint density at radius 3 is 2.87 bits per heavy atom. The molecule has 0 saturated carbocycles. The van der Waals surface area contributed by atoms with Gasteiger partial charge >= 0.3 is 0 Å². The molecule has 2 aromatic rings. The third-order valence-electron chi connectivity index (χ3n) is 3.12. The number of nitrogens with one attached hydrogen (secondary N) is 1. The van der Waals surface area contributed by atoms with Gasteiger partial charge < -0.3 is 15.2 Å². The zero-order valence-corrected chi connectivity index (χ0v) is 14.5. The first-order valence-corrected chi connectivity index (χ1v) is 8.96. The van der Waals surface area contributed by atoms with Crippen molar-refractivity contribution in [3.63, 3.8) is 0 Å². The Labute approximate surface area is 142 Å². The summed E-state index contributed by atoms with van der Waals surface area (Å²) < 4.78 is 5.84. The van der Waals surface area contributed by atoms with Gasteiger partial charge in [0.1, 0.15) is 11.6 Å². The van der Waals surface area contributed by atoms with E-state index in [0.717, 1.165) is 28.6 Å². The van der Waals surface area contributed by atoms with E-state index in [2.05, 4.69) is 22.4 Å². The number of hydrogen-bond acceptors (Lipinski definition) is 5. The van der Waals surface area contributed by atoms with Gasteiger partial charge in [0.25, 0.3) is 0 Å². The average molecular weight is 332 g/mol. The summed E-state index contributed by atoms with van der Waals surface area (Å²) >= 11 is 1.71. The topological polar surface area (TPSA) is 54.4 Å². The average Bonchev–Trinajstić information content (AvgIpc) is 2.54. The molecule has 5 heteroatoms. The number of hydrogen-bond donors (Lipinski definition) is 2. The number of anilines is 1. The van der Waals surface area contributed by atoms with Crippen LogP contribution in [0.5, 0.6) is 5.75 Å². The lowest BCUT2D eigenvalue weighted by atomic mass is 10.2. The number of thioether (sulfide) groups is 1. The maximum atomic E-state index is 8.84. The van der Waals surface area contributed by atoms with Crippen LogP contribution in [-0.2, 0) is 12.3 Å². The second-order valence-electron chi connectivity index (χ2n) is 5.45. The molecule has 1 aromatic heterocycles. The lowest BCUT2D eigenvalue weighted by molar-refractivity contribution is 0.240. The van der Waals surface area contributed by atoms with Crippen molar-refractivity contribution in [1.29, 1.82) is 0 Å². The number of pyridine rings is 1. The molecule has 4 nitrogen and oxygen atoms in total. The number of para-hydroxylation sites is 1. The molecule has 1 heterocycles. The quantitative estimate of drug-likeness (QED) is 0.686. The molecule has 0 bridgehead atoms. The molecule has 0 aliphatic heterocycles. The van der Waals surface area contributed by atoms with E-state index in [-0.39, 0.29) is 12.7 Å². The van der Waals surface area contributed by atoms with E-state index in [1.54, 1.807) is 11.8 Å². The second kappa shape index (κ2) is 9.43. The van der Waals surface area contributed by atoms with E-state index < -0.39 is 0 Å². The minimum Gasteiger partial charge on any atom is -0.491 e. The molecule has 0 radical (unpaired) electrons. The third kappa shape index (κ3) is 6.12. The van der Waals surface area contributed by atoms with Crippen molar-refractivity contribution < 1.29 is 9.84 Å². The van der Waals surface area contributed by atoms with Crippen LogP contribution in [0.4, 0.5) is 5.82 Å². The molecule has 124 valence electrons. The number of aliphatic hydroxyl groups excluding tert-OH is 1. The Morgan fingerprint density at radius 2 is 2.09 bits per heavy atom. The highest BCUT2D eigenvalue weighted by molar-refractivity contribution is 7.98. The lowest BCUT2D eigenvalue weighted by Gasteiger charge is -2.15. The predicted octanol–water partition coefficient (Wildman–Crippen LogP) is 3.71. The summed E-state index contributed by atoms with van der Waals surface area (Å²) in [5, 5.41) is 12.2. The molecule has 0 fully saturated rings. The van der Waals surface area contributed by atoms with E-state index >= 15 is 0 Å². The molecular weight excluding hydrogens is 308 g/mol. The Balaban J connectivity index is 1.97. The SMILES string of the molecule is CC(C)Oc1ccccc1CNc1cc(CSCCO)ccn1. The smallest absolute Gasteiger partial charge is 0.126 e. The number of ether oxygens (including phenoxy) is 1. The van der Waals surface area contributed by atoms with E-state index in [1.807, 2.05) is 44.3 Å². The van der Waals surface area contributed by atoms with Gasteiger partial charge in [0.2, 0.25) is 0 Å². The Bertz CT molecular complexity index is 605. The molecule has 0 spiro atoms. The summed E-state index contributed by atoms with van der Waals surface area (Å²) in [6.07, 6.45) is 1.97. The zero-order valence-electron chi connectivity index (χ0n) is 13.7. The van der Waals surface area contributed by atoms with Gasteiger partial charge in [-0.25, -0.2) is 4.98 Å². The molecule has 23 heavy (non-hydrogen) atoms. The van der Waals surface area contributed by atoms with Crippen LogP contribution in [0.1, 0.15) is 25.0 Å². The molecule has 1 aromatic carbocycles. The first kappa shape index (κ1) is 17.6. The predicted molar refractivity (Wildman–Crippen MR) is 97.0 cm³/mol. The summed E-state index contributed by atoms with van der Waals surface area (Å²) in [5.74, 6) is 3.40. The van der Waals surface area contributed by atoms with Crippen molar-refractivity contribution in [1.82, 2.24) is 4.98 Å². The first-order chi connectivity index (χ1) is 11.2. The van der Waals surface area contributed by atoms with E-state index in [1.165, 1.54) is 5.56 Å². The van der Waals surface area contributed by atoms with Gasteiger partial charge in [-0.2, -0.15) is 11.8 Å². The molecule has 2 N–H and O–H groups in total. The molecule has 0 amide bonds. The van der Waals surface area contributed by atoms with Crippen LogP contribution in [0.25, 0.3) is 0 Å². The van der Waals surface area contributed by atoms with Gasteiger partial charge in [0.05, 0.1) is 12.7 Å². The molecule has 0 aliphatic rings. The third-order valence-corrected chi connectivity index (χ3v) is 4.13. The van der Waals surface area contributed by atoms with E-state index in [9.17, 15) is 0 Å². The monoisotopic (exact) mass is 332 g/mol. The van der Waals surface area contributed by atoms with Crippen molar-refractivity contribution in [3.8, 4) is 5.75 Å². The van der Waals surface area contributed by atoms with Gasteiger partial charge in [-0.3, -0.25) is 0 Å². The number of nitrogens with zero attached hydrogens (tertiary/aromatic N) is 1. The minimum absolute atomic E-state index is 0.154. The summed E-state index contributed by atoms with van der Waals surface area (Å²) in [7, 11) is 0. The number of aliphatic hydroxyl groups is 1. The number of benzene rings is 1. The fraction of sp³-hybridized carbons (Fsp3) is 0.389. The lowest BCUT2D eigenvalue weighted by Crippen LogP contribution is -2.09. The van der Waals surface area contributed by atoms with Crippen LogP contribution >= 0.6 is 11.8 Å². The Morgan fingerprint density at radius 1 is 1.26 bits per heavy atom. The maximum absolute atomic E-state index is 8.84. The van der Waals surface area contributed by atoms with Crippen molar-refractivity contribution in [2.75, 3.05) is 17.7 Å². The van der Waals surface area contributed by atoms with E-state index in [0.29, 0.717) is 6.54 Å². The summed E-state index contributed by atoms with van der Waals surface area (Å²) in [6, 6.07) is 12.1. The normalized spacial score (nSPS) is 10.8. The molecule has 0 unspecified atom stereocenters. The van der Waals surface area contributed by atoms with Crippen molar-refractivity contribution >= 4 is 17.6 Å². The van der Waals surface area contributed by atoms with Crippen LogP contribution in [0.2, 0.25) is 0 Å². The molecular formula is C18H24N2O2S. The second-order valence-corrected chi connectivity index (χ2v) is 6.56. The molecule has 0 aliphatic carbocycles. The highest BCUT2D eigenvalue weighted by Gasteiger charge is 2.05. The van der Waals surface area contributed by atoms with Gasteiger partial charge in [-0.05, 0) is 37.6 Å². The number of rotatable bonds is 9. The van der Waals surface area contributed by atoms with Gasteiger partial charge in [-0.15, -0.1) is 0 Å².